The van der Waals surface area contributed by atoms with E-state index in [9.17, 15) is 13.2 Å². The van der Waals surface area contributed by atoms with Gasteiger partial charge in [0.2, 0.25) is 21.1 Å². The maximum Gasteiger partial charge on any atom is 0.250 e. The Hall–Kier alpha value is -2.43. The number of rotatable bonds is 9. The fourth-order valence-electron chi connectivity index (χ4n) is 3.22. The van der Waals surface area contributed by atoms with Crippen LogP contribution in [0.4, 0.5) is 10.8 Å². The van der Waals surface area contributed by atoms with Gasteiger partial charge in [-0.3, -0.25) is 14.4 Å². The molecule has 1 N–H and O–H groups in total. The molecular formula is C22H26N4O3S3. The standard InChI is InChI=1S/C22H26N4O3S3/c1-5-18(26(32(4,28)29)19-13-15(2)11-12-16(19)3)20(27)23-21-24-25-22(31-21)30-14-17-9-7-6-8-10-17/h6-13,18H,5,14H2,1-4H3,(H,23,24,27). The minimum Gasteiger partial charge on any atom is -0.299 e. The second kappa shape index (κ2) is 10.5. The molecule has 0 aliphatic rings. The van der Waals surface area contributed by atoms with Crippen molar-refractivity contribution in [1.82, 2.24) is 10.2 Å². The maximum atomic E-state index is 13.1. The van der Waals surface area contributed by atoms with Crippen LogP contribution in [0.1, 0.15) is 30.0 Å². The van der Waals surface area contributed by atoms with Gasteiger partial charge in [-0.15, -0.1) is 10.2 Å². The number of carbonyl (C=O) groups excluding carboxylic acids is 1. The Labute approximate surface area is 197 Å². The van der Waals surface area contributed by atoms with Gasteiger partial charge in [0.05, 0.1) is 11.9 Å². The number of benzene rings is 2. The minimum atomic E-state index is -3.70. The molecule has 3 aromatic rings. The number of sulfonamides is 1. The molecule has 170 valence electrons. The number of amides is 1. The van der Waals surface area contributed by atoms with E-state index in [1.165, 1.54) is 33.0 Å². The summed E-state index contributed by atoms with van der Waals surface area (Å²) in [6.07, 6.45) is 1.43. The predicted octanol–water partition coefficient (Wildman–Crippen LogP) is 4.63. The average molecular weight is 491 g/mol. The Morgan fingerprint density at radius 1 is 1.16 bits per heavy atom. The zero-order chi connectivity index (χ0) is 23.3. The van der Waals surface area contributed by atoms with E-state index in [1.54, 1.807) is 13.0 Å². The Kier molecular flexibility index (Phi) is 7.91. The van der Waals surface area contributed by atoms with Crippen molar-refractivity contribution >= 4 is 49.8 Å². The van der Waals surface area contributed by atoms with Crippen LogP contribution in [0.25, 0.3) is 0 Å². The van der Waals surface area contributed by atoms with Crippen molar-refractivity contribution in [2.24, 2.45) is 0 Å². The summed E-state index contributed by atoms with van der Waals surface area (Å²) >= 11 is 2.80. The van der Waals surface area contributed by atoms with Gasteiger partial charge in [0, 0.05) is 5.75 Å². The normalized spacial score (nSPS) is 12.4. The summed E-state index contributed by atoms with van der Waals surface area (Å²) in [7, 11) is -3.70. The van der Waals surface area contributed by atoms with E-state index in [0.717, 1.165) is 27.5 Å². The van der Waals surface area contributed by atoms with Crippen molar-refractivity contribution < 1.29 is 13.2 Å². The topological polar surface area (TPSA) is 92.3 Å². The molecule has 10 heteroatoms. The van der Waals surface area contributed by atoms with Gasteiger partial charge in [-0.25, -0.2) is 8.42 Å². The van der Waals surface area contributed by atoms with Gasteiger partial charge >= 0.3 is 0 Å². The smallest absolute Gasteiger partial charge is 0.250 e. The molecular weight excluding hydrogens is 464 g/mol. The van der Waals surface area contributed by atoms with E-state index in [0.29, 0.717) is 17.2 Å². The van der Waals surface area contributed by atoms with Crippen molar-refractivity contribution in [1.29, 1.82) is 0 Å². The van der Waals surface area contributed by atoms with Crippen LogP contribution in [0.15, 0.2) is 52.9 Å². The van der Waals surface area contributed by atoms with Gasteiger partial charge in [0.15, 0.2) is 4.34 Å². The first kappa shape index (κ1) is 24.2. The number of anilines is 2. The zero-order valence-electron chi connectivity index (χ0n) is 18.4. The van der Waals surface area contributed by atoms with Crippen molar-refractivity contribution in [3.8, 4) is 0 Å². The molecule has 0 bridgehead atoms. The van der Waals surface area contributed by atoms with Crippen molar-refractivity contribution in [2.45, 2.75) is 43.3 Å². The molecule has 0 fully saturated rings. The Morgan fingerprint density at radius 2 is 1.88 bits per heavy atom. The van der Waals surface area contributed by atoms with Crippen LogP contribution < -0.4 is 9.62 Å². The summed E-state index contributed by atoms with van der Waals surface area (Å²) in [6.45, 7) is 5.51. The van der Waals surface area contributed by atoms with Gasteiger partial charge in [0.1, 0.15) is 6.04 Å². The number of hydrogen-bond acceptors (Lipinski definition) is 7. The van der Waals surface area contributed by atoms with Crippen molar-refractivity contribution in [3.05, 3.63) is 65.2 Å². The van der Waals surface area contributed by atoms with Crippen molar-refractivity contribution in [3.63, 3.8) is 0 Å². The van der Waals surface area contributed by atoms with Gasteiger partial charge in [-0.1, -0.05) is 72.5 Å². The summed E-state index contributed by atoms with van der Waals surface area (Å²) in [5, 5.41) is 11.3. The molecule has 1 atom stereocenters. The number of hydrogen-bond donors (Lipinski definition) is 1. The summed E-state index contributed by atoms with van der Waals surface area (Å²) in [4.78, 5) is 13.1. The molecule has 1 heterocycles. The lowest BCUT2D eigenvalue weighted by Crippen LogP contribution is -2.47. The highest BCUT2D eigenvalue weighted by molar-refractivity contribution is 8.00. The van der Waals surface area contributed by atoms with E-state index in [-0.39, 0.29) is 0 Å². The Morgan fingerprint density at radius 3 is 2.53 bits per heavy atom. The third kappa shape index (κ3) is 6.08. The highest BCUT2D eigenvalue weighted by Crippen LogP contribution is 2.30. The first-order chi connectivity index (χ1) is 15.2. The van der Waals surface area contributed by atoms with Crippen LogP contribution in [0.3, 0.4) is 0 Å². The van der Waals surface area contributed by atoms with Crippen LogP contribution >= 0.6 is 23.1 Å². The summed E-state index contributed by atoms with van der Waals surface area (Å²) in [6, 6.07) is 14.7. The van der Waals surface area contributed by atoms with E-state index in [2.05, 4.69) is 15.5 Å². The molecule has 1 unspecified atom stereocenters. The SMILES string of the molecule is CCC(C(=O)Nc1nnc(SCc2ccccc2)s1)N(c1cc(C)ccc1C)S(C)(=O)=O. The third-order valence-electron chi connectivity index (χ3n) is 4.77. The summed E-state index contributed by atoms with van der Waals surface area (Å²) < 4.78 is 27.3. The summed E-state index contributed by atoms with van der Waals surface area (Å²) in [5.41, 5.74) is 3.37. The molecule has 1 aromatic heterocycles. The maximum absolute atomic E-state index is 13.1. The molecule has 3 rings (SSSR count). The monoisotopic (exact) mass is 490 g/mol. The van der Waals surface area contributed by atoms with Gasteiger partial charge in [-0.05, 0) is 43.0 Å². The first-order valence-electron chi connectivity index (χ1n) is 10.1. The number of nitrogens with zero attached hydrogens (tertiary/aromatic N) is 3. The second-order valence-electron chi connectivity index (χ2n) is 7.41. The number of carbonyl (C=O) groups is 1. The van der Waals surface area contributed by atoms with Gasteiger partial charge in [0.25, 0.3) is 0 Å². The largest absolute Gasteiger partial charge is 0.299 e. The second-order valence-corrected chi connectivity index (χ2v) is 11.5. The number of aromatic nitrogens is 2. The number of thioether (sulfide) groups is 1. The van der Waals surface area contributed by atoms with E-state index >= 15 is 0 Å². The fourth-order valence-corrected chi connectivity index (χ4v) is 6.19. The zero-order valence-corrected chi connectivity index (χ0v) is 20.9. The molecule has 0 aliphatic heterocycles. The molecule has 0 aliphatic carbocycles. The van der Waals surface area contributed by atoms with Crippen LogP contribution in [0.5, 0.6) is 0 Å². The average Bonchev–Trinajstić information content (AvgIpc) is 3.19. The molecule has 32 heavy (non-hydrogen) atoms. The highest BCUT2D eigenvalue weighted by Gasteiger charge is 2.33. The quantitative estimate of drug-likeness (QED) is 0.347. The van der Waals surface area contributed by atoms with Crippen LogP contribution in [-0.4, -0.2) is 36.8 Å². The van der Waals surface area contributed by atoms with Crippen molar-refractivity contribution in [2.75, 3.05) is 15.9 Å². The minimum absolute atomic E-state index is 0.306. The fraction of sp³-hybridized carbons (Fsp3) is 0.318. The molecule has 1 amide bonds. The lowest BCUT2D eigenvalue weighted by Gasteiger charge is -2.31. The van der Waals surface area contributed by atoms with E-state index in [4.69, 9.17) is 0 Å². The molecule has 0 saturated carbocycles. The third-order valence-corrected chi connectivity index (χ3v) is 7.98. The van der Waals surface area contributed by atoms with E-state index < -0.39 is 22.0 Å². The molecule has 7 nitrogen and oxygen atoms in total. The van der Waals surface area contributed by atoms with E-state index in [1.807, 2.05) is 56.3 Å². The molecule has 0 radical (unpaired) electrons. The molecule has 2 aromatic carbocycles. The lowest BCUT2D eigenvalue weighted by atomic mass is 10.1. The summed E-state index contributed by atoms with van der Waals surface area (Å²) in [5.74, 6) is 0.310. The van der Waals surface area contributed by atoms with Gasteiger partial charge < -0.3 is 0 Å². The van der Waals surface area contributed by atoms with Crippen LogP contribution in [-0.2, 0) is 20.6 Å². The van der Waals surface area contributed by atoms with Gasteiger partial charge in [-0.2, -0.15) is 0 Å². The molecule has 0 spiro atoms. The molecule has 0 saturated heterocycles. The lowest BCUT2D eigenvalue weighted by molar-refractivity contribution is -0.117. The predicted molar refractivity (Wildman–Crippen MR) is 132 cm³/mol. The number of nitrogens with one attached hydrogen (secondary N) is 1. The highest BCUT2D eigenvalue weighted by atomic mass is 32.2. The van der Waals surface area contributed by atoms with Crippen LogP contribution in [0.2, 0.25) is 0 Å². The Bertz CT molecular complexity index is 1180. The first-order valence-corrected chi connectivity index (χ1v) is 13.7. The number of aryl methyl sites for hydroxylation is 2. The van der Waals surface area contributed by atoms with Crippen LogP contribution in [0, 0.1) is 13.8 Å². The Balaban J connectivity index is 1.77.